The Bertz CT molecular complexity index is 756. The second-order valence-electron chi connectivity index (χ2n) is 4.70. The van der Waals surface area contributed by atoms with Gasteiger partial charge in [0, 0.05) is 11.9 Å². The zero-order valence-corrected chi connectivity index (χ0v) is 12.4. The van der Waals surface area contributed by atoms with Crippen LogP contribution in [-0.2, 0) is 6.54 Å². The number of nitrogens with one attached hydrogen (secondary N) is 1. The molecule has 2 aromatic carbocycles. The molecule has 0 saturated carbocycles. The van der Waals surface area contributed by atoms with Crippen LogP contribution in [0.25, 0.3) is 10.8 Å². The standard InChI is InChI=1S/C17H15ClN2O/c1-21-16-8-6-12(14-4-2-3-5-15(14)16)10-19-13-7-9-17(18)20-11-13/h2-9,11,19H,10H2,1H3. The molecule has 0 aliphatic carbocycles. The molecule has 0 atom stereocenters. The number of halogens is 1. The fourth-order valence-electron chi connectivity index (χ4n) is 2.34. The quantitative estimate of drug-likeness (QED) is 0.720. The first-order chi connectivity index (χ1) is 10.3. The van der Waals surface area contributed by atoms with Crippen molar-refractivity contribution in [3.63, 3.8) is 0 Å². The van der Waals surface area contributed by atoms with Gasteiger partial charge in [-0.3, -0.25) is 0 Å². The molecular weight excluding hydrogens is 284 g/mol. The van der Waals surface area contributed by atoms with E-state index in [4.69, 9.17) is 16.3 Å². The van der Waals surface area contributed by atoms with Gasteiger partial charge in [-0.2, -0.15) is 0 Å². The summed E-state index contributed by atoms with van der Waals surface area (Å²) in [5.41, 5.74) is 2.15. The molecule has 0 unspecified atom stereocenters. The van der Waals surface area contributed by atoms with Crippen LogP contribution in [0.5, 0.6) is 5.75 Å². The average molecular weight is 299 g/mol. The Morgan fingerprint density at radius 3 is 2.57 bits per heavy atom. The van der Waals surface area contributed by atoms with Gasteiger partial charge in [0.1, 0.15) is 10.9 Å². The van der Waals surface area contributed by atoms with Crippen molar-refractivity contribution in [2.75, 3.05) is 12.4 Å². The Balaban J connectivity index is 1.89. The number of benzene rings is 2. The molecule has 0 radical (unpaired) electrons. The monoisotopic (exact) mass is 298 g/mol. The van der Waals surface area contributed by atoms with E-state index < -0.39 is 0 Å². The minimum absolute atomic E-state index is 0.496. The molecule has 0 saturated heterocycles. The van der Waals surface area contributed by atoms with Crippen LogP contribution in [0.4, 0.5) is 5.69 Å². The van der Waals surface area contributed by atoms with Gasteiger partial charge in [-0.1, -0.05) is 41.9 Å². The van der Waals surface area contributed by atoms with E-state index in [1.807, 2.05) is 24.3 Å². The van der Waals surface area contributed by atoms with Gasteiger partial charge in [-0.25, -0.2) is 4.98 Å². The van der Waals surface area contributed by atoms with Crippen LogP contribution < -0.4 is 10.1 Å². The van der Waals surface area contributed by atoms with Gasteiger partial charge in [0.25, 0.3) is 0 Å². The van der Waals surface area contributed by atoms with Gasteiger partial charge in [0.2, 0.25) is 0 Å². The number of hydrogen-bond acceptors (Lipinski definition) is 3. The number of anilines is 1. The Labute approximate surface area is 128 Å². The van der Waals surface area contributed by atoms with Crippen LogP contribution in [0.1, 0.15) is 5.56 Å². The Kier molecular flexibility index (Phi) is 3.93. The second kappa shape index (κ2) is 6.02. The zero-order valence-electron chi connectivity index (χ0n) is 11.6. The first-order valence-electron chi connectivity index (χ1n) is 6.68. The van der Waals surface area contributed by atoms with Crippen molar-refractivity contribution in [1.29, 1.82) is 0 Å². The molecule has 0 spiro atoms. The predicted octanol–water partition coefficient (Wildman–Crippen LogP) is 4.51. The summed E-state index contributed by atoms with van der Waals surface area (Å²) in [5.74, 6) is 0.891. The summed E-state index contributed by atoms with van der Waals surface area (Å²) in [7, 11) is 1.69. The Morgan fingerprint density at radius 1 is 1.05 bits per heavy atom. The Morgan fingerprint density at radius 2 is 1.86 bits per heavy atom. The first kappa shape index (κ1) is 13.7. The van der Waals surface area contributed by atoms with Gasteiger partial charge in [0.15, 0.2) is 0 Å². The van der Waals surface area contributed by atoms with Crippen LogP contribution in [0, 0.1) is 0 Å². The van der Waals surface area contributed by atoms with Gasteiger partial charge in [-0.05, 0) is 29.1 Å². The van der Waals surface area contributed by atoms with Crippen LogP contribution >= 0.6 is 11.6 Å². The van der Waals surface area contributed by atoms with Crippen molar-refractivity contribution in [2.24, 2.45) is 0 Å². The molecule has 3 aromatic rings. The number of fused-ring (bicyclic) bond motifs is 1. The normalized spacial score (nSPS) is 10.6. The highest BCUT2D eigenvalue weighted by molar-refractivity contribution is 6.29. The van der Waals surface area contributed by atoms with Crippen molar-refractivity contribution in [2.45, 2.75) is 6.54 Å². The highest BCUT2D eigenvalue weighted by Crippen LogP contribution is 2.28. The molecule has 3 rings (SSSR count). The third-order valence-electron chi connectivity index (χ3n) is 3.40. The first-order valence-corrected chi connectivity index (χ1v) is 7.06. The van der Waals surface area contributed by atoms with Gasteiger partial charge in [0.05, 0.1) is 19.0 Å². The van der Waals surface area contributed by atoms with Crippen molar-refractivity contribution >= 4 is 28.1 Å². The summed E-state index contributed by atoms with van der Waals surface area (Å²) < 4.78 is 5.41. The lowest BCUT2D eigenvalue weighted by Crippen LogP contribution is -2.01. The SMILES string of the molecule is COc1ccc(CNc2ccc(Cl)nc2)c2ccccc12. The smallest absolute Gasteiger partial charge is 0.129 e. The highest BCUT2D eigenvalue weighted by Gasteiger charge is 2.05. The molecule has 0 aliphatic rings. The largest absolute Gasteiger partial charge is 0.496 e. The number of nitrogens with zero attached hydrogens (tertiary/aromatic N) is 1. The van der Waals surface area contributed by atoms with Crippen molar-refractivity contribution in [1.82, 2.24) is 4.98 Å². The topological polar surface area (TPSA) is 34.1 Å². The predicted molar refractivity (Wildman–Crippen MR) is 87.1 cm³/mol. The second-order valence-corrected chi connectivity index (χ2v) is 5.08. The van der Waals surface area contributed by atoms with Gasteiger partial charge >= 0.3 is 0 Å². The summed E-state index contributed by atoms with van der Waals surface area (Å²) in [5, 5.41) is 6.16. The van der Waals surface area contributed by atoms with Crippen LogP contribution in [-0.4, -0.2) is 12.1 Å². The van der Waals surface area contributed by atoms with E-state index in [0.29, 0.717) is 11.7 Å². The maximum absolute atomic E-state index is 5.79. The molecule has 1 heterocycles. The van der Waals surface area contributed by atoms with Crippen LogP contribution in [0.15, 0.2) is 54.7 Å². The van der Waals surface area contributed by atoms with Crippen molar-refractivity contribution < 1.29 is 4.74 Å². The summed E-state index contributed by atoms with van der Waals surface area (Å²) >= 11 is 5.79. The lowest BCUT2D eigenvalue weighted by Gasteiger charge is -2.12. The molecule has 0 amide bonds. The van der Waals surface area contributed by atoms with Crippen LogP contribution in [0.3, 0.4) is 0 Å². The minimum atomic E-state index is 0.496. The lowest BCUT2D eigenvalue weighted by atomic mass is 10.0. The Hall–Kier alpha value is -2.26. The molecule has 1 aromatic heterocycles. The minimum Gasteiger partial charge on any atom is -0.496 e. The zero-order chi connectivity index (χ0) is 14.7. The fraction of sp³-hybridized carbons (Fsp3) is 0.118. The van der Waals surface area contributed by atoms with Gasteiger partial charge < -0.3 is 10.1 Å². The van der Waals surface area contributed by atoms with Gasteiger partial charge in [-0.15, -0.1) is 0 Å². The number of rotatable bonds is 4. The summed E-state index contributed by atoms with van der Waals surface area (Å²) in [6.45, 7) is 0.716. The number of pyridine rings is 1. The molecule has 1 N–H and O–H groups in total. The molecule has 0 aliphatic heterocycles. The average Bonchev–Trinajstić information content (AvgIpc) is 2.54. The summed E-state index contributed by atoms with van der Waals surface area (Å²) in [6.07, 6.45) is 1.73. The highest BCUT2D eigenvalue weighted by atomic mass is 35.5. The maximum atomic E-state index is 5.79. The van der Waals surface area contributed by atoms with Crippen molar-refractivity contribution in [3.05, 3.63) is 65.4 Å². The maximum Gasteiger partial charge on any atom is 0.129 e. The molecule has 106 valence electrons. The molecule has 3 nitrogen and oxygen atoms in total. The molecule has 4 heteroatoms. The van der Waals surface area contributed by atoms with E-state index in [9.17, 15) is 0 Å². The lowest BCUT2D eigenvalue weighted by molar-refractivity contribution is 0.419. The van der Waals surface area contributed by atoms with Crippen LogP contribution in [0.2, 0.25) is 5.15 Å². The van der Waals surface area contributed by atoms with E-state index in [-0.39, 0.29) is 0 Å². The van der Waals surface area contributed by atoms with E-state index in [1.165, 1.54) is 10.9 Å². The third-order valence-corrected chi connectivity index (χ3v) is 3.63. The van der Waals surface area contributed by atoms with E-state index in [2.05, 4.69) is 28.5 Å². The number of ether oxygens (including phenoxy) is 1. The molecule has 21 heavy (non-hydrogen) atoms. The summed E-state index contributed by atoms with van der Waals surface area (Å²) in [4.78, 5) is 4.06. The van der Waals surface area contributed by atoms with E-state index in [0.717, 1.165) is 16.8 Å². The number of aromatic nitrogens is 1. The number of hydrogen-bond donors (Lipinski definition) is 1. The molecular formula is C17H15ClN2O. The third kappa shape index (κ3) is 2.93. The summed E-state index contributed by atoms with van der Waals surface area (Å²) in [6, 6.07) is 16.0. The molecule has 0 fully saturated rings. The number of methoxy groups -OCH3 is 1. The molecule has 0 bridgehead atoms. The van der Waals surface area contributed by atoms with E-state index >= 15 is 0 Å². The van der Waals surface area contributed by atoms with E-state index in [1.54, 1.807) is 19.4 Å². The fourth-order valence-corrected chi connectivity index (χ4v) is 2.46. The van der Waals surface area contributed by atoms with Crippen molar-refractivity contribution in [3.8, 4) is 5.75 Å².